The maximum Gasteiger partial charge on any atom is 0.356 e. The zero-order valence-electron chi connectivity index (χ0n) is 14.3. The van der Waals surface area contributed by atoms with Crippen molar-refractivity contribution >= 4 is 5.97 Å². The number of aromatic nitrogens is 2. The van der Waals surface area contributed by atoms with Gasteiger partial charge in [-0.1, -0.05) is 18.2 Å². The van der Waals surface area contributed by atoms with E-state index in [0.29, 0.717) is 0 Å². The van der Waals surface area contributed by atoms with E-state index in [-0.39, 0.29) is 5.69 Å². The predicted molar refractivity (Wildman–Crippen MR) is 94.9 cm³/mol. The van der Waals surface area contributed by atoms with Gasteiger partial charge in [-0.2, -0.15) is 5.10 Å². The second kappa shape index (κ2) is 5.96. The van der Waals surface area contributed by atoms with Crippen molar-refractivity contribution in [3.05, 3.63) is 70.4 Å². The van der Waals surface area contributed by atoms with Crippen LogP contribution in [0.5, 0.6) is 0 Å². The van der Waals surface area contributed by atoms with E-state index in [2.05, 4.69) is 25.0 Å². The van der Waals surface area contributed by atoms with Crippen molar-refractivity contribution in [1.29, 1.82) is 0 Å². The third-order valence-electron chi connectivity index (χ3n) is 4.47. The van der Waals surface area contributed by atoms with Gasteiger partial charge in [-0.05, 0) is 74.2 Å². The van der Waals surface area contributed by atoms with Crippen molar-refractivity contribution in [2.45, 2.75) is 27.7 Å². The molecule has 24 heavy (non-hydrogen) atoms. The number of rotatable bonds is 3. The van der Waals surface area contributed by atoms with E-state index in [1.165, 1.54) is 11.1 Å². The molecule has 4 nitrogen and oxygen atoms in total. The maximum absolute atomic E-state index is 11.4. The van der Waals surface area contributed by atoms with Crippen LogP contribution in [-0.2, 0) is 0 Å². The summed E-state index contributed by atoms with van der Waals surface area (Å²) in [5, 5.41) is 13.6. The smallest absolute Gasteiger partial charge is 0.356 e. The Bertz CT molecular complexity index is 870. The van der Waals surface area contributed by atoms with Crippen molar-refractivity contribution in [2.24, 2.45) is 0 Å². The largest absolute Gasteiger partial charge is 0.476 e. The van der Waals surface area contributed by atoms with Gasteiger partial charge in [-0.25, -0.2) is 9.48 Å². The van der Waals surface area contributed by atoms with Crippen molar-refractivity contribution < 1.29 is 9.90 Å². The quantitative estimate of drug-likeness (QED) is 0.774. The van der Waals surface area contributed by atoms with Crippen LogP contribution in [-0.4, -0.2) is 20.9 Å². The molecule has 4 heteroatoms. The molecular formula is C20H20N2O2. The lowest BCUT2D eigenvalue weighted by Crippen LogP contribution is -2.03. The average Bonchev–Trinajstić information content (AvgIpc) is 2.98. The molecule has 0 atom stereocenters. The van der Waals surface area contributed by atoms with Crippen LogP contribution in [0.4, 0.5) is 0 Å². The molecular weight excluding hydrogens is 300 g/mol. The van der Waals surface area contributed by atoms with Crippen LogP contribution >= 0.6 is 0 Å². The van der Waals surface area contributed by atoms with Crippen LogP contribution in [0.25, 0.3) is 16.9 Å². The van der Waals surface area contributed by atoms with E-state index < -0.39 is 5.97 Å². The summed E-state index contributed by atoms with van der Waals surface area (Å²) in [5.41, 5.74) is 7.34. The fourth-order valence-corrected chi connectivity index (χ4v) is 2.65. The molecule has 0 fully saturated rings. The zero-order chi connectivity index (χ0) is 17.4. The molecule has 122 valence electrons. The molecule has 2 aromatic carbocycles. The minimum Gasteiger partial charge on any atom is -0.476 e. The molecule has 1 N–H and O–H groups in total. The Morgan fingerprint density at radius 2 is 1.50 bits per heavy atom. The highest BCUT2D eigenvalue weighted by Crippen LogP contribution is 2.27. The Morgan fingerprint density at radius 3 is 2.08 bits per heavy atom. The molecule has 0 amide bonds. The van der Waals surface area contributed by atoms with E-state index >= 15 is 0 Å². The van der Waals surface area contributed by atoms with Gasteiger partial charge in [0, 0.05) is 5.56 Å². The molecule has 0 spiro atoms. The molecule has 0 aliphatic carbocycles. The third-order valence-corrected chi connectivity index (χ3v) is 4.47. The monoisotopic (exact) mass is 320 g/mol. The van der Waals surface area contributed by atoms with Gasteiger partial charge in [0.1, 0.15) is 0 Å². The topological polar surface area (TPSA) is 55.1 Å². The van der Waals surface area contributed by atoms with Gasteiger partial charge < -0.3 is 5.11 Å². The van der Waals surface area contributed by atoms with Crippen molar-refractivity contribution in [3.63, 3.8) is 0 Å². The highest BCUT2D eigenvalue weighted by molar-refractivity contribution is 5.87. The van der Waals surface area contributed by atoms with Crippen LogP contribution in [0.3, 0.4) is 0 Å². The Labute approximate surface area is 141 Å². The van der Waals surface area contributed by atoms with Gasteiger partial charge in [-0.3, -0.25) is 0 Å². The van der Waals surface area contributed by atoms with Crippen molar-refractivity contribution in [2.75, 3.05) is 0 Å². The number of hydrogen-bond donors (Lipinski definition) is 1. The van der Waals surface area contributed by atoms with Crippen LogP contribution < -0.4 is 0 Å². The highest BCUT2D eigenvalue weighted by atomic mass is 16.4. The number of carboxylic acids is 1. The number of aromatic carboxylic acids is 1. The second-order valence-corrected chi connectivity index (χ2v) is 6.20. The molecule has 3 aromatic rings. The SMILES string of the molecule is Cc1ccc(-c2cc(C(=O)O)nn2-c2ccc(C)c(C)c2)cc1C. The summed E-state index contributed by atoms with van der Waals surface area (Å²) >= 11 is 0. The second-order valence-electron chi connectivity index (χ2n) is 6.20. The Kier molecular flexibility index (Phi) is 3.97. The highest BCUT2D eigenvalue weighted by Gasteiger charge is 2.16. The lowest BCUT2D eigenvalue weighted by atomic mass is 10.0. The first-order chi connectivity index (χ1) is 11.4. The van der Waals surface area contributed by atoms with Crippen LogP contribution in [0.15, 0.2) is 42.5 Å². The number of hydrogen-bond acceptors (Lipinski definition) is 2. The normalized spacial score (nSPS) is 10.8. The minimum atomic E-state index is -1.03. The predicted octanol–water partition coefficient (Wildman–Crippen LogP) is 4.47. The van der Waals surface area contributed by atoms with Crippen molar-refractivity contribution in [3.8, 4) is 16.9 Å². The first kappa shape index (κ1) is 16.0. The Morgan fingerprint density at radius 1 is 0.875 bits per heavy atom. The zero-order valence-corrected chi connectivity index (χ0v) is 14.3. The molecule has 1 heterocycles. The molecule has 0 radical (unpaired) electrons. The Balaban J connectivity index is 2.22. The number of aryl methyl sites for hydroxylation is 4. The molecule has 0 aliphatic heterocycles. The standard InChI is InChI=1S/C20H20N2O2/c1-12-5-7-16(9-14(12)3)19-11-18(20(23)24)21-22(19)17-8-6-13(2)15(4)10-17/h5-11H,1-4H3,(H,23,24). The van der Waals surface area contributed by atoms with Gasteiger partial charge >= 0.3 is 5.97 Å². The minimum absolute atomic E-state index is 0.0430. The van der Waals surface area contributed by atoms with Crippen LogP contribution in [0, 0.1) is 27.7 Å². The van der Waals surface area contributed by atoms with Gasteiger partial charge in [-0.15, -0.1) is 0 Å². The molecule has 0 aliphatic rings. The van der Waals surface area contributed by atoms with Gasteiger partial charge in [0.05, 0.1) is 11.4 Å². The number of carbonyl (C=O) groups is 1. The van der Waals surface area contributed by atoms with E-state index in [0.717, 1.165) is 28.1 Å². The fraction of sp³-hybridized carbons (Fsp3) is 0.200. The molecule has 0 bridgehead atoms. The summed E-state index contributed by atoms with van der Waals surface area (Å²) < 4.78 is 1.71. The summed E-state index contributed by atoms with van der Waals surface area (Å²) in [6.45, 7) is 8.20. The van der Waals surface area contributed by atoms with E-state index in [1.54, 1.807) is 10.7 Å². The summed E-state index contributed by atoms with van der Waals surface area (Å²) in [6, 6.07) is 13.8. The maximum atomic E-state index is 11.4. The van der Waals surface area contributed by atoms with Gasteiger partial charge in [0.15, 0.2) is 5.69 Å². The van der Waals surface area contributed by atoms with E-state index in [9.17, 15) is 9.90 Å². The summed E-state index contributed by atoms with van der Waals surface area (Å²) in [5.74, 6) is -1.03. The summed E-state index contributed by atoms with van der Waals surface area (Å²) in [4.78, 5) is 11.4. The first-order valence-electron chi connectivity index (χ1n) is 7.85. The van der Waals surface area contributed by atoms with E-state index in [4.69, 9.17) is 0 Å². The average molecular weight is 320 g/mol. The molecule has 0 saturated heterocycles. The lowest BCUT2D eigenvalue weighted by Gasteiger charge is -2.11. The van der Waals surface area contributed by atoms with Crippen LogP contribution in [0.2, 0.25) is 0 Å². The Hall–Kier alpha value is -2.88. The lowest BCUT2D eigenvalue weighted by molar-refractivity contribution is 0.0690. The van der Waals surface area contributed by atoms with Gasteiger partial charge in [0.25, 0.3) is 0 Å². The molecule has 0 unspecified atom stereocenters. The first-order valence-corrected chi connectivity index (χ1v) is 7.85. The van der Waals surface area contributed by atoms with Crippen LogP contribution in [0.1, 0.15) is 32.7 Å². The van der Waals surface area contributed by atoms with E-state index in [1.807, 2.05) is 44.2 Å². The molecule has 1 aromatic heterocycles. The summed E-state index contributed by atoms with van der Waals surface area (Å²) in [6.07, 6.45) is 0. The number of nitrogens with zero attached hydrogens (tertiary/aromatic N) is 2. The molecule has 0 saturated carbocycles. The van der Waals surface area contributed by atoms with Crippen molar-refractivity contribution in [1.82, 2.24) is 9.78 Å². The molecule has 3 rings (SSSR count). The number of carboxylic acid groups (broad SMARTS) is 1. The summed E-state index contributed by atoms with van der Waals surface area (Å²) in [7, 11) is 0. The fourth-order valence-electron chi connectivity index (χ4n) is 2.65. The third kappa shape index (κ3) is 2.83. The number of benzene rings is 2. The van der Waals surface area contributed by atoms with Gasteiger partial charge in [0.2, 0.25) is 0 Å².